The van der Waals surface area contributed by atoms with Crippen LogP contribution in [-0.4, -0.2) is 13.7 Å². The first-order valence-corrected chi connectivity index (χ1v) is 6.27. The molecule has 2 rings (SSSR count). The van der Waals surface area contributed by atoms with Gasteiger partial charge in [0, 0.05) is 5.56 Å². The summed E-state index contributed by atoms with van der Waals surface area (Å²) in [5.74, 6) is 0.919. The standard InChI is InChI=1S/C15H19NO2/c1-3-9-18-14-6-4-12(5-7-14)15(16-2)13-8-10-17-11-13/h4-8,10-11,15-16H,3,9H2,1-2H3. The zero-order valence-electron chi connectivity index (χ0n) is 10.8. The van der Waals surface area contributed by atoms with E-state index in [0.717, 1.165) is 24.3 Å². The molecule has 0 saturated heterocycles. The van der Waals surface area contributed by atoms with E-state index in [9.17, 15) is 0 Å². The summed E-state index contributed by atoms with van der Waals surface area (Å²) >= 11 is 0. The zero-order valence-corrected chi connectivity index (χ0v) is 10.8. The van der Waals surface area contributed by atoms with Crippen LogP contribution in [0.4, 0.5) is 0 Å². The third-order valence-electron chi connectivity index (χ3n) is 2.85. The van der Waals surface area contributed by atoms with Crippen molar-refractivity contribution >= 4 is 0 Å². The Balaban J connectivity index is 2.12. The number of hydrogen-bond acceptors (Lipinski definition) is 3. The van der Waals surface area contributed by atoms with Crippen molar-refractivity contribution in [3.05, 3.63) is 54.0 Å². The predicted molar refractivity (Wildman–Crippen MR) is 71.8 cm³/mol. The predicted octanol–water partition coefficient (Wildman–Crippen LogP) is 3.38. The fourth-order valence-electron chi connectivity index (χ4n) is 1.94. The molecule has 3 heteroatoms. The van der Waals surface area contributed by atoms with E-state index in [2.05, 4.69) is 24.4 Å². The molecule has 2 aromatic rings. The van der Waals surface area contributed by atoms with Crippen LogP contribution in [0, 0.1) is 0 Å². The second-order valence-electron chi connectivity index (χ2n) is 4.20. The summed E-state index contributed by atoms with van der Waals surface area (Å²) in [4.78, 5) is 0. The molecule has 1 unspecified atom stereocenters. The van der Waals surface area contributed by atoms with Crippen LogP contribution >= 0.6 is 0 Å². The summed E-state index contributed by atoms with van der Waals surface area (Å²) in [6, 6.07) is 10.3. The molecule has 0 fully saturated rings. The minimum atomic E-state index is 0.156. The molecular weight excluding hydrogens is 226 g/mol. The lowest BCUT2D eigenvalue weighted by Crippen LogP contribution is -2.16. The normalized spacial score (nSPS) is 12.3. The topological polar surface area (TPSA) is 34.4 Å². The van der Waals surface area contributed by atoms with Gasteiger partial charge in [0.15, 0.2) is 0 Å². The van der Waals surface area contributed by atoms with E-state index in [-0.39, 0.29) is 6.04 Å². The van der Waals surface area contributed by atoms with Crippen molar-refractivity contribution in [2.24, 2.45) is 0 Å². The van der Waals surface area contributed by atoms with E-state index >= 15 is 0 Å². The quantitative estimate of drug-likeness (QED) is 0.847. The average Bonchev–Trinajstić information content (AvgIpc) is 2.93. The Morgan fingerprint density at radius 1 is 1.17 bits per heavy atom. The molecule has 1 N–H and O–H groups in total. The van der Waals surface area contributed by atoms with Crippen LogP contribution in [-0.2, 0) is 0 Å². The molecule has 0 amide bonds. The summed E-state index contributed by atoms with van der Waals surface area (Å²) in [5, 5.41) is 3.28. The molecule has 0 spiro atoms. The van der Waals surface area contributed by atoms with Gasteiger partial charge in [-0.3, -0.25) is 0 Å². The molecular formula is C15H19NO2. The van der Waals surface area contributed by atoms with Crippen LogP contribution in [0.3, 0.4) is 0 Å². The molecule has 0 radical (unpaired) electrons. The van der Waals surface area contributed by atoms with Gasteiger partial charge in [-0.25, -0.2) is 0 Å². The number of hydrogen-bond donors (Lipinski definition) is 1. The van der Waals surface area contributed by atoms with Crippen molar-refractivity contribution in [2.75, 3.05) is 13.7 Å². The fraction of sp³-hybridized carbons (Fsp3) is 0.333. The van der Waals surface area contributed by atoms with Gasteiger partial charge >= 0.3 is 0 Å². The Labute approximate surface area is 108 Å². The van der Waals surface area contributed by atoms with Crippen LogP contribution in [0.5, 0.6) is 5.75 Å². The van der Waals surface area contributed by atoms with E-state index in [1.807, 2.05) is 25.2 Å². The maximum atomic E-state index is 5.58. The van der Waals surface area contributed by atoms with Crippen molar-refractivity contribution in [2.45, 2.75) is 19.4 Å². The lowest BCUT2D eigenvalue weighted by Gasteiger charge is -2.15. The molecule has 0 bridgehead atoms. The first-order chi connectivity index (χ1) is 8.85. The van der Waals surface area contributed by atoms with Gasteiger partial charge in [0.2, 0.25) is 0 Å². The highest BCUT2D eigenvalue weighted by atomic mass is 16.5. The number of furan rings is 1. The SMILES string of the molecule is CCCOc1ccc(C(NC)c2ccoc2)cc1. The summed E-state index contributed by atoms with van der Waals surface area (Å²) in [6.45, 7) is 2.86. The van der Waals surface area contributed by atoms with Crippen LogP contribution < -0.4 is 10.1 Å². The van der Waals surface area contributed by atoms with Crippen molar-refractivity contribution in [1.29, 1.82) is 0 Å². The molecule has 1 aromatic heterocycles. The highest BCUT2D eigenvalue weighted by Gasteiger charge is 2.12. The number of benzene rings is 1. The lowest BCUT2D eigenvalue weighted by molar-refractivity contribution is 0.317. The van der Waals surface area contributed by atoms with Crippen LogP contribution in [0.2, 0.25) is 0 Å². The van der Waals surface area contributed by atoms with E-state index in [1.165, 1.54) is 5.56 Å². The van der Waals surface area contributed by atoms with Gasteiger partial charge < -0.3 is 14.5 Å². The zero-order chi connectivity index (χ0) is 12.8. The first kappa shape index (κ1) is 12.7. The van der Waals surface area contributed by atoms with Gasteiger partial charge in [0.1, 0.15) is 5.75 Å². The smallest absolute Gasteiger partial charge is 0.119 e. The maximum absolute atomic E-state index is 5.58. The minimum absolute atomic E-state index is 0.156. The Kier molecular flexibility index (Phi) is 4.42. The largest absolute Gasteiger partial charge is 0.494 e. The molecule has 1 aromatic carbocycles. The Bertz CT molecular complexity index is 448. The van der Waals surface area contributed by atoms with Crippen molar-refractivity contribution in [1.82, 2.24) is 5.32 Å². The van der Waals surface area contributed by atoms with Crippen molar-refractivity contribution < 1.29 is 9.15 Å². The van der Waals surface area contributed by atoms with E-state index in [0.29, 0.717) is 0 Å². The molecule has 0 aliphatic carbocycles. The van der Waals surface area contributed by atoms with Gasteiger partial charge in [-0.2, -0.15) is 0 Å². The third kappa shape index (κ3) is 2.93. The van der Waals surface area contributed by atoms with Crippen molar-refractivity contribution in [3.63, 3.8) is 0 Å². The van der Waals surface area contributed by atoms with Crippen molar-refractivity contribution in [3.8, 4) is 5.75 Å². The molecule has 3 nitrogen and oxygen atoms in total. The Morgan fingerprint density at radius 3 is 2.50 bits per heavy atom. The van der Waals surface area contributed by atoms with Crippen LogP contribution in [0.15, 0.2) is 47.3 Å². The van der Waals surface area contributed by atoms with E-state index in [1.54, 1.807) is 12.5 Å². The lowest BCUT2D eigenvalue weighted by atomic mass is 10.0. The summed E-state index contributed by atoms with van der Waals surface area (Å²) in [5.41, 5.74) is 2.32. The molecule has 18 heavy (non-hydrogen) atoms. The first-order valence-electron chi connectivity index (χ1n) is 6.27. The minimum Gasteiger partial charge on any atom is -0.494 e. The van der Waals surface area contributed by atoms with Crippen LogP contribution in [0.1, 0.15) is 30.5 Å². The monoisotopic (exact) mass is 245 g/mol. The fourth-order valence-corrected chi connectivity index (χ4v) is 1.94. The Morgan fingerprint density at radius 2 is 1.94 bits per heavy atom. The van der Waals surface area contributed by atoms with Gasteiger partial charge in [-0.15, -0.1) is 0 Å². The van der Waals surface area contributed by atoms with Gasteiger partial charge in [-0.1, -0.05) is 19.1 Å². The highest BCUT2D eigenvalue weighted by molar-refractivity contribution is 5.34. The van der Waals surface area contributed by atoms with E-state index < -0.39 is 0 Å². The molecule has 96 valence electrons. The second kappa shape index (κ2) is 6.26. The number of rotatable bonds is 6. The van der Waals surface area contributed by atoms with E-state index in [4.69, 9.17) is 9.15 Å². The highest BCUT2D eigenvalue weighted by Crippen LogP contribution is 2.24. The third-order valence-corrected chi connectivity index (χ3v) is 2.85. The Hall–Kier alpha value is -1.74. The molecule has 0 saturated carbocycles. The number of ether oxygens (including phenoxy) is 1. The molecule has 0 aliphatic heterocycles. The summed E-state index contributed by atoms with van der Waals surface area (Å²) in [7, 11) is 1.94. The number of nitrogens with one attached hydrogen (secondary N) is 1. The average molecular weight is 245 g/mol. The molecule has 1 atom stereocenters. The second-order valence-corrected chi connectivity index (χ2v) is 4.20. The van der Waals surface area contributed by atoms with Gasteiger partial charge in [-0.05, 0) is 37.2 Å². The van der Waals surface area contributed by atoms with Crippen LogP contribution in [0.25, 0.3) is 0 Å². The summed E-state index contributed by atoms with van der Waals surface area (Å²) < 4.78 is 10.7. The van der Waals surface area contributed by atoms with Gasteiger partial charge in [0.05, 0.1) is 25.2 Å². The maximum Gasteiger partial charge on any atom is 0.119 e. The summed E-state index contributed by atoms with van der Waals surface area (Å²) in [6.07, 6.45) is 4.48. The van der Waals surface area contributed by atoms with Gasteiger partial charge in [0.25, 0.3) is 0 Å². The molecule has 1 heterocycles. The molecule has 0 aliphatic rings.